The number of benzene rings is 1. The minimum Gasteiger partial charge on any atom is -0.497 e. The summed E-state index contributed by atoms with van der Waals surface area (Å²) in [5.41, 5.74) is 3.10. The molecule has 0 N–H and O–H groups in total. The second-order valence-electron chi connectivity index (χ2n) is 7.28. The van der Waals surface area contributed by atoms with Crippen molar-refractivity contribution in [2.45, 2.75) is 6.42 Å². The van der Waals surface area contributed by atoms with E-state index in [0.29, 0.717) is 0 Å². The molecule has 0 radical (unpaired) electrons. The lowest BCUT2D eigenvalue weighted by atomic mass is 10.1. The van der Waals surface area contributed by atoms with Crippen LogP contribution >= 0.6 is 0 Å². The molecule has 2 aromatic heterocycles. The molecule has 146 valence electrons. The molecule has 4 rings (SSSR count). The van der Waals surface area contributed by atoms with Crippen LogP contribution in [0, 0.1) is 0 Å². The second-order valence-corrected chi connectivity index (χ2v) is 7.28. The van der Waals surface area contributed by atoms with E-state index >= 15 is 0 Å². The van der Waals surface area contributed by atoms with Crippen LogP contribution in [0.1, 0.15) is 15.9 Å². The van der Waals surface area contributed by atoms with Gasteiger partial charge in [-0.1, -0.05) is 0 Å². The number of pyridine rings is 1. The lowest BCUT2D eigenvalue weighted by Gasteiger charge is -2.34. The van der Waals surface area contributed by atoms with Crippen molar-refractivity contribution in [3.05, 3.63) is 60.0 Å². The molecule has 0 atom stereocenters. The van der Waals surface area contributed by atoms with E-state index in [2.05, 4.69) is 22.0 Å². The van der Waals surface area contributed by atoms with Crippen LogP contribution in [-0.4, -0.2) is 65.1 Å². The molecule has 28 heavy (non-hydrogen) atoms. The van der Waals surface area contributed by atoms with Crippen molar-refractivity contribution in [1.29, 1.82) is 0 Å². The third kappa shape index (κ3) is 3.73. The predicted molar refractivity (Wildman–Crippen MR) is 110 cm³/mol. The number of nitrogens with zero attached hydrogens (tertiary/aromatic N) is 4. The molecule has 0 saturated carbocycles. The van der Waals surface area contributed by atoms with Gasteiger partial charge in [0.2, 0.25) is 0 Å². The zero-order valence-electron chi connectivity index (χ0n) is 16.5. The van der Waals surface area contributed by atoms with Crippen LogP contribution in [0.4, 0.5) is 0 Å². The Bertz CT molecular complexity index is 959. The quantitative estimate of drug-likeness (QED) is 0.685. The van der Waals surface area contributed by atoms with E-state index in [9.17, 15) is 4.79 Å². The molecule has 3 aromatic rings. The van der Waals surface area contributed by atoms with E-state index in [1.807, 2.05) is 53.3 Å². The highest BCUT2D eigenvalue weighted by molar-refractivity contribution is 6.07. The average Bonchev–Trinajstić information content (AvgIpc) is 3.08. The van der Waals surface area contributed by atoms with Gasteiger partial charge in [-0.25, -0.2) is 0 Å². The highest BCUT2D eigenvalue weighted by Crippen LogP contribution is 2.26. The summed E-state index contributed by atoms with van der Waals surface area (Å²) in [6.45, 7) is 4.35. The van der Waals surface area contributed by atoms with Crippen LogP contribution in [0.25, 0.3) is 10.9 Å². The number of amides is 1. The van der Waals surface area contributed by atoms with Gasteiger partial charge >= 0.3 is 0 Å². The summed E-state index contributed by atoms with van der Waals surface area (Å²) in [4.78, 5) is 21.6. The maximum absolute atomic E-state index is 13.2. The van der Waals surface area contributed by atoms with E-state index in [-0.39, 0.29) is 5.91 Å². The van der Waals surface area contributed by atoms with Crippen molar-refractivity contribution >= 4 is 16.8 Å². The molecule has 1 aliphatic heterocycles. The van der Waals surface area contributed by atoms with Crippen LogP contribution in [-0.2, 0) is 13.5 Å². The van der Waals surface area contributed by atoms with Gasteiger partial charge in [-0.05, 0) is 42.3 Å². The largest absolute Gasteiger partial charge is 0.497 e. The highest BCUT2D eigenvalue weighted by atomic mass is 16.5. The summed E-state index contributed by atoms with van der Waals surface area (Å²) < 4.78 is 7.35. The Morgan fingerprint density at radius 3 is 2.57 bits per heavy atom. The molecule has 3 heterocycles. The minimum atomic E-state index is 0.104. The van der Waals surface area contributed by atoms with Gasteiger partial charge in [-0.15, -0.1) is 0 Å². The maximum atomic E-state index is 13.2. The third-order valence-corrected chi connectivity index (χ3v) is 5.55. The number of rotatable bonds is 5. The molecule has 1 fully saturated rings. The summed E-state index contributed by atoms with van der Waals surface area (Å²) in [6.07, 6.45) is 6.62. The van der Waals surface area contributed by atoms with Gasteiger partial charge in [0.05, 0.1) is 12.7 Å². The van der Waals surface area contributed by atoms with Gasteiger partial charge in [0, 0.05) is 69.3 Å². The van der Waals surface area contributed by atoms with E-state index < -0.39 is 0 Å². The molecule has 1 amide bonds. The summed E-state index contributed by atoms with van der Waals surface area (Å²) >= 11 is 0. The zero-order valence-corrected chi connectivity index (χ0v) is 16.5. The first-order chi connectivity index (χ1) is 13.7. The number of hydrogen-bond acceptors (Lipinski definition) is 4. The van der Waals surface area contributed by atoms with Crippen LogP contribution in [0.2, 0.25) is 0 Å². The molecule has 1 aromatic carbocycles. The first kappa shape index (κ1) is 18.5. The molecular formula is C22H26N4O2. The lowest BCUT2D eigenvalue weighted by Crippen LogP contribution is -2.49. The smallest absolute Gasteiger partial charge is 0.256 e. The van der Waals surface area contributed by atoms with E-state index in [1.54, 1.807) is 7.11 Å². The highest BCUT2D eigenvalue weighted by Gasteiger charge is 2.24. The Labute approximate surface area is 165 Å². The van der Waals surface area contributed by atoms with Crippen molar-refractivity contribution in [2.75, 3.05) is 39.8 Å². The van der Waals surface area contributed by atoms with Crippen molar-refractivity contribution in [3.63, 3.8) is 0 Å². The van der Waals surface area contributed by atoms with Crippen LogP contribution in [0.5, 0.6) is 5.75 Å². The molecular weight excluding hydrogens is 352 g/mol. The number of hydrogen-bond donors (Lipinski definition) is 0. The third-order valence-electron chi connectivity index (χ3n) is 5.55. The molecule has 6 heteroatoms. The fraction of sp³-hybridized carbons (Fsp3) is 0.364. The first-order valence-corrected chi connectivity index (χ1v) is 9.69. The Morgan fingerprint density at radius 2 is 1.86 bits per heavy atom. The maximum Gasteiger partial charge on any atom is 0.256 e. The van der Waals surface area contributed by atoms with Gasteiger partial charge in [0.15, 0.2) is 0 Å². The van der Waals surface area contributed by atoms with E-state index in [1.165, 1.54) is 5.56 Å². The first-order valence-electron chi connectivity index (χ1n) is 9.69. The predicted octanol–water partition coefficient (Wildman–Crippen LogP) is 2.58. The van der Waals surface area contributed by atoms with Crippen molar-refractivity contribution < 1.29 is 9.53 Å². The molecule has 0 aliphatic carbocycles. The Morgan fingerprint density at radius 1 is 1.11 bits per heavy atom. The number of fused-ring (bicyclic) bond motifs is 1. The number of aryl methyl sites for hydroxylation is 1. The molecule has 6 nitrogen and oxygen atoms in total. The molecule has 0 spiro atoms. The number of carbonyl (C=O) groups excluding carboxylic acids is 1. The van der Waals surface area contributed by atoms with Crippen LogP contribution in [0.3, 0.4) is 0 Å². The summed E-state index contributed by atoms with van der Waals surface area (Å²) in [7, 11) is 3.62. The van der Waals surface area contributed by atoms with Gasteiger partial charge in [-0.2, -0.15) is 0 Å². The van der Waals surface area contributed by atoms with Gasteiger partial charge in [0.25, 0.3) is 5.91 Å². The van der Waals surface area contributed by atoms with Gasteiger partial charge < -0.3 is 14.2 Å². The number of aromatic nitrogens is 2. The molecule has 0 unspecified atom stereocenters. The fourth-order valence-electron chi connectivity index (χ4n) is 3.85. The number of methoxy groups -OCH3 is 1. The van der Waals surface area contributed by atoms with Gasteiger partial charge in [-0.3, -0.25) is 14.7 Å². The Kier molecular flexibility index (Phi) is 5.30. The van der Waals surface area contributed by atoms with E-state index in [4.69, 9.17) is 4.74 Å². The Balaban J connectivity index is 1.41. The normalized spacial score (nSPS) is 15.1. The molecule has 1 aliphatic rings. The fourth-order valence-corrected chi connectivity index (χ4v) is 3.85. The summed E-state index contributed by atoms with van der Waals surface area (Å²) in [5, 5.41) is 0.951. The average molecular weight is 378 g/mol. The topological polar surface area (TPSA) is 50.6 Å². The van der Waals surface area contributed by atoms with Crippen LogP contribution < -0.4 is 4.74 Å². The number of carbonyl (C=O) groups is 1. The van der Waals surface area contributed by atoms with E-state index in [0.717, 1.165) is 61.4 Å². The van der Waals surface area contributed by atoms with Crippen LogP contribution in [0.15, 0.2) is 48.9 Å². The minimum absolute atomic E-state index is 0.104. The second kappa shape index (κ2) is 8.02. The molecule has 1 saturated heterocycles. The van der Waals surface area contributed by atoms with Crippen molar-refractivity contribution in [3.8, 4) is 5.75 Å². The number of piperazine rings is 1. The van der Waals surface area contributed by atoms with Crippen molar-refractivity contribution in [2.24, 2.45) is 7.05 Å². The summed E-state index contributed by atoms with van der Waals surface area (Å²) in [6, 6.07) is 10.0. The number of ether oxygens (including phenoxy) is 1. The lowest BCUT2D eigenvalue weighted by molar-refractivity contribution is 0.0640. The Hall–Kier alpha value is -2.86. The SMILES string of the molecule is COc1ccc2c(c1)c(C(=O)N1CCN(CCc3ccncc3)CC1)cn2C. The monoisotopic (exact) mass is 378 g/mol. The van der Waals surface area contributed by atoms with Gasteiger partial charge in [0.1, 0.15) is 5.75 Å². The van der Waals surface area contributed by atoms with Crippen molar-refractivity contribution in [1.82, 2.24) is 19.4 Å². The zero-order chi connectivity index (χ0) is 19.5. The summed E-state index contributed by atoms with van der Waals surface area (Å²) in [5.74, 6) is 0.876. The standard InChI is InChI=1S/C22H26N4O2/c1-24-16-20(19-15-18(28-2)3-4-21(19)24)22(27)26-13-11-25(12-14-26)10-7-17-5-8-23-9-6-17/h3-6,8-9,15-16H,7,10-14H2,1-2H3. The molecule has 0 bridgehead atoms.